The molecule has 0 radical (unpaired) electrons. The van der Waals surface area contributed by atoms with Crippen molar-refractivity contribution < 1.29 is 24.5 Å². The summed E-state index contributed by atoms with van der Waals surface area (Å²) in [6.45, 7) is 4.96. The second-order valence-corrected chi connectivity index (χ2v) is 29.2. The van der Waals surface area contributed by atoms with Crippen LogP contribution in [0.1, 0.15) is 476 Å². The van der Waals surface area contributed by atoms with Gasteiger partial charge < -0.3 is 20.3 Å². The quantitative estimate of drug-likeness (QED) is 0.0320. The van der Waals surface area contributed by atoms with Gasteiger partial charge in [0.05, 0.1) is 25.4 Å². The number of unbranched alkanes of at least 4 members (excludes halogenated alkanes) is 65. The van der Waals surface area contributed by atoms with Gasteiger partial charge in [0.15, 0.2) is 0 Å². The first-order valence-electron chi connectivity index (χ1n) is 42.3. The minimum Gasteiger partial charge on any atom is -0.466 e. The minimum atomic E-state index is -0.845. The van der Waals surface area contributed by atoms with Gasteiger partial charge in [0, 0.05) is 12.8 Å². The molecule has 0 aromatic heterocycles. The van der Waals surface area contributed by atoms with Gasteiger partial charge in [0.25, 0.3) is 0 Å². The fraction of sp³-hybridized carbons (Fsp3) is 0.907. The third-order valence-electron chi connectivity index (χ3n) is 19.9. The lowest BCUT2D eigenvalue weighted by molar-refractivity contribution is -0.143. The average Bonchev–Trinajstić information content (AvgIpc) is 3.48. The van der Waals surface area contributed by atoms with E-state index in [1.165, 1.54) is 405 Å². The highest BCUT2D eigenvalue weighted by molar-refractivity contribution is 5.76. The summed E-state index contributed by atoms with van der Waals surface area (Å²) in [6, 6.07) is -0.628. The summed E-state index contributed by atoms with van der Waals surface area (Å²) < 4.78 is 5.52. The fourth-order valence-electron chi connectivity index (χ4n) is 13.5. The van der Waals surface area contributed by atoms with Crippen molar-refractivity contribution in [3.05, 3.63) is 36.5 Å². The maximum Gasteiger partial charge on any atom is 0.305 e. The number of hydrogen-bond donors (Lipinski definition) is 3. The van der Waals surface area contributed by atoms with Crippen LogP contribution in [0.3, 0.4) is 0 Å². The normalized spacial score (nSPS) is 12.6. The van der Waals surface area contributed by atoms with Gasteiger partial charge in [-0.05, 0) is 64.2 Å². The number of aliphatic hydroxyl groups is 2. The zero-order valence-electron chi connectivity index (χ0n) is 62.6. The van der Waals surface area contributed by atoms with Crippen LogP contribution >= 0.6 is 0 Å². The standard InChI is InChI=1S/C86H165NO5/c1-3-5-7-9-11-13-15-17-19-21-23-24-36-39-43-46-50-54-58-62-66-70-74-78-84(89)83(82-88)87-85(90)79-75-71-67-63-59-55-51-47-44-40-37-34-32-30-28-26-25-27-29-31-33-35-38-41-45-49-53-57-61-65-69-73-77-81-92-86(91)80-76-72-68-64-60-56-52-48-42-22-20-18-16-14-12-10-8-6-4-2/h29,31,35,38,74,78,83-84,88-89H,3-28,30,32-34,36-37,39-73,75-77,79-82H2,1-2H3,(H,87,90)/b31-29-,38-35-,78-74+. The largest absolute Gasteiger partial charge is 0.466 e. The van der Waals surface area contributed by atoms with Crippen molar-refractivity contribution in [3.63, 3.8) is 0 Å². The maximum absolute atomic E-state index is 12.6. The maximum atomic E-state index is 12.6. The highest BCUT2D eigenvalue weighted by atomic mass is 16.5. The second-order valence-electron chi connectivity index (χ2n) is 29.2. The summed E-state index contributed by atoms with van der Waals surface area (Å²) in [7, 11) is 0. The number of esters is 1. The van der Waals surface area contributed by atoms with E-state index >= 15 is 0 Å². The predicted molar refractivity (Wildman–Crippen MR) is 407 cm³/mol. The van der Waals surface area contributed by atoms with E-state index in [1.54, 1.807) is 6.08 Å². The summed E-state index contributed by atoms with van der Waals surface area (Å²) in [5.41, 5.74) is 0. The van der Waals surface area contributed by atoms with Crippen LogP contribution in [0.25, 0.3) is 0 Å². The lowest BCUT2D eigenvalue weighted by Gasteiger charge is -2.20. The molecule has 0 saturated heterocycles. The van der Waals surface area contributed by atoms with Crippen LogP contribution in [0, 0.1) is 0 Å². The molecule has 0 aliphatic carbocycles. The van der Waals surface area contributed by atoms with Crippen LogP contribution in [-0.2, 0) is 14.3 Å². The third-order valence-corrected chi connectivity index (χ3v) is 19.9. The van der Waals surface area contributed by atoms with Gasteiger partial charge in [-0.25, -0.2) is 0 Å². The Bertz CT molecular complexity index is 1490. The van der Waals surface area contributed by atoms with E-state index in [4.69, 9.17) is 4.74 Å². The van der Waals surface area contributed by atoms with Crippen molar-refractivity contribution in [2.75, 3.05) is 13.2 Å². The molecule has 6 nitrogen and oxygen atoms in total. The van der Waals surface area contributed by atoms with E-state index in [-0.39, 0.29) is 18.5 Å². The zero-order chi connectivity index (χ0) is 66.3. The van der Waals surface area contributed by atoms with Crippen molar-refractivity contribution in [3.8, 4) is 0 Å². The Balaban J connectivity index is 3.38. The Morgan fingerprint density at radius 2 is 0.543 bits per heavy atom. The van der Waals surface area contributed by atoms with E-state index in [0.29, 0.717) is 19.4 Å². The molecule has 0 rings (SSSR count). The molecule has 6 heteroatoms. The molecule has 2 unspecified atom stereocenters. The first-order chi connectivity index (χ1) is 45.5. The number of amides is 1. The summed E-state index contributed by atoms with van der Waals surface area (Å²) in [4.78, 5) is 24.7. The molecule has 0 heterocycles. The molecule has 3 N–H and O–H groups in total. The zero-order valence-corrected chi connectivity index (χ0v) is 62.6. The highest BCUT2D eigenvalue weighted by Gasteiger charge is 2.18. The van der Waals surface area contributed by atoms with Crippen molar-refractivity contribution in [2.45, 2.75) is 488 Å². The molecule has 0 aromatic rings. The van der Waals surface area contributed by atoms with Crippen LogP contribution < -0.4 is 5.32 Å². The Labute approximate surface area is 576 Å². The molecule has 0 fully saturated rings. The van der Waals surface area contributed by atoms with Gasteiger partial charge >= 0.3 is 5.97 Å². The van der Waals surface area contributed by atoms with Gasteiger partial charge in [-0.3, -0.25) is 9.59 Å². The topological polar surface area (TPSA) is 95.9 Å². The highest BCUT2D eigenvalue weighted by Crippen LogP contribution is 2.20. The Morgan fingerprint density at radius 1 is 0.304 bits per heavy atom. The van der Waals surface area contributed by atoms with Crippen molar-refractivity contribution >= 4 is 11.9 Å². The smallest absolute Gasteiger partial charge is 0.305 e. The molecule has 92 heavy (non-hydrogen) atoms. The Hall–Kier alpha value is -1.92. The summed E-state index contributed by atoms with van der Waals surface area (Å²) in [5, 5.41) is 23.3. The van der Waals surface area contributed by atoms with Crippen LogP contribution in [0.5, 0.6) is 0 Å². The molecule has 2 atom stereocenters. The monoisotopic (exact) mass is 1290 g/mol. The van der Waals surface area contributed by atoms with Crippen LogP contribution in [0.4, 0.5) is 0 Å². The Kier molecular flexibility index (Phi) is 79.8. The first kappa shape index (κ1) is 90.1. The number of allylic oxidation sites excluding steroid dienone is 5. The molecular weight excluding hydrogens is 1130 g/mol. The first-order valence-corrected chi connectivity index (χ1v) is 42.3. The number of aliphatic hydroxyl groups excluding tert-OH is 2. The SMILES string of the molecule is CCCCCCCCCCCCCCCCCCCCCCC/C=C/C(O)C(CO)NC(=O)CCCCCCCCCCCCCCCCCCC/C=C\C/C=C\CCCCCCCCCCCOC(=O)CCCCCCCCCCCCCCCCCCCCC. The third kappa shape index (κ3) is 77.1. The van der Waals surface area contributed by atoms with Crippen LogP contribution in [0.15, 0.2) is 36.5 Å². The summed E-state index contributed by atoms with van der Waals surface area (Å²) in [5.74, 6) is -0.0412. The number of carbonyl (C=O) groups excluding carboxylic acids is 2. The number of hydrogen-bond acceptors (Lipinski definition) is 5. The van der Waals surface area contributed by atoms with Gasteiger partial charge in [-0.1, -0.05) is 436 Å². The van der Waals surface area contributed by atoms with Gasteiger partial charge in [-0.2, -0.15) is 0 Å². The predicted octanol–water partition coefficient (Wildman–Crippen LogP) is 28.2. The van der Waals surface area contributed by atoms with Gasteiger partial charge in [0.2, 0.25) is 5.91 Å². The number of nitrogens with one attached hydrogen (secondary N) is 1. The van der Waals surface area contributed by atoms with Crippen LogP contribution in [-0.4, -0.2) is 47.4 Å². The lowest BCUT2D eigenvalue weighted by atomic mass is 10.0. The number of ether oxygens (including phenoxy) is 1. The van der Waals surface area contributed by atoms with E-state index in [1.807, 2.05) is 6.08 Å². The molecule has 544 valence electrons. The molecule has 0 bridgehead atoms. The summed E-state index contributed by atoms with van der Waals surface area (Å²) in [6.07, 6.45) is 107. The van der Waals surface area contributed by atoms with Crippen molar-refractivity contribution in [1.82, 2.24) is 5.32 Å². The number of carbonyl (C=O) groups is 2. The van der Waals surface area contributed by atoms with Crippen molar-refractivity contribution in [2.24, 2.45) is 0 Å². The number of rotatable bonds is 80. The molecule has 0 saturated carbocycles. The molecule has 0 spiro atoms. The molecule has 1 amide bonds. The molecule has 0 aliphatic rings. The van der Waals surface area contributed by atoms with Crippen LogP contribution in [0.2, 0.25) is 0 Å². The average molecular weight is 1290 g/mol. The van der Waals surface area contributed by atoms with E-state index in [2.05, 4.69) is 43.5 Å². The van der Waals surface area contributed by atoms with Crippen molar-refractivity contribution in [1.29, 1.82) is 0 Å². The summed E-state index contributed by atoms with van der Waals surface area (Å²) >= 11 is 0. The Morgan fingerprint density at radius 3 is 0.826 bits per heavy atom. The fourth-order valence-corrected chi connectivity index (χ4v) is 13.5. The minimum absolute atomic E-state index is 0.0198. The molecular formula is C86H165NO5. The molecule has 0 aliphatic heterocycles. The lowest BCUT2D eigenvalue weighted by Crippen LogP contribution is -2.45. The van der Waals surface area contributed by atoms with E-state index in [0.717, 1.165) is 44.9 Å². The van der Waals surface area contributed by atoms with Gasteiger partial charge in [-0.15, -0.1) is 0 Å². The van der Waals surface area contributed by atoms with E-state index < -0.39 is 12.1 Å². The van der Waals surface area contributed by atoms with E-state index in [9.17, 15) is 19.8 Å². The second kappa shape index (κ2) is 81.5. The van der Waals surface area contributed by atoms with Gasteiger partial charge in [0.1, 0.15) is 0 Å². The molecule has 0 aromatic carbocycles.